The van der Waals surface area contributed by atoms with Gasteiger partial charge in [0.1, 0.15) is 11.7 Å². The first-order valence-electron chi connectivity index (χ1n) is 8.53. The first-order chi connectivity index (χ1) is 11.1. The van der Waals surface area contributed by atoms with Crippen molar-refractivity contribution in [2.45, 2.75) is 52.3 Å². The van der Waals surface area contributed by atoms with Gasteiger partial charge in [-0.25, -0.2) is 4.98 Å². The van der Waals surface area contributed by atoms with Crippen molar-refractivity contribution < 1.29 is 17.9 Å². The Morgan fingerprint density at radius 1 is 1.28 bits per heavy atom. The summed E-state index contributed by atoms with van der Waals surface area (Å²) >= 11 is 0. The predicted molar refractivity (Wildman–Crippen MR) is 93.0 cm³/mol. The van der Waals surface area contributed by atoms with E-state index in [1.54, 1.807) is 0 Å². The third kappa shape index (κ3) is 3.90. The predicted octanol–water partition coefficient (Wildman–Crippen LogP) is 4.71. The number of halogens is 4. The van der Waals surface area contributed by atoms with Crippen LogP contribution in [0.4, 0.5) is 13.2 Å². The van der Waals surface area contributed by atoms with Crippen LogP contribution in [0.2, 0.25) is 0 Å². The van der Waals surface area contributed by atoms with Crippen LogP contribution in [0.3, 0.4) is 0 Å². The highest BCUT2D eigenvalue weighted by Gasteiger charge is 2.59. The van der Waals surface area contributed by atoms with E-state index in [1.807, 2.05) is 0 Å². The molecule has 7 heteroatoms. The van der Waals surface area contributed by atoms with Crippen molar-refractivity contribution in [3.63, 3.8) is 0 Å². The monoisotopic (exact) mass is 378 g/mol. The molecule has 1 aliphatic heterocycles. The van der Waals surface area contributed by atoms with Gasteiger partial charge >= 0.3 is 6.18 Å². The van der Waals surface area contributed by atoms with Gasteiger partial charge in [0.2, 0.25) is 5.88 Å². The summed E-state index contributed by atoms with van der Waals surface area (Å²) in [6.07, 6.45) is -0.314. The molecule has 0 bridgehead atoms. The normalized spacial score (nSPS) is 29.7. The van der Waals surface area contributed by atoms with Crippen molar-refractivity contribution >= 4 is 12.4 Å². The molecule has 1 N–H and O–H groups in total. The third-order valence-corrected chi connectivity index (χ3v) is 5.42. The summed E-state index contributed by atoms with van der Waals surface area (Å²) < 4.78 is 45.3. The Morgan fingerprint density at radius 3 is 2.56 bits per heavy atom. The summed E-state index contributed by atoms with van der Waals surface area (Å²) in [6.45, 7) is 8.37. The number of alkyl halides is 3. The van der Waals surface area contributed by atoms with Crippen molar-refractivity contribution in [2.75, 3.05) is 13.1 Å². The van der Waals surface area contributed by atoms with E-state index in [2.05, 4.69) is 31.1 Å². The maximum absolute atomic E-state index is 13.2. The molecule has 1 spiro atoms. The average Bonchev–Trinajstić information content (AvgIpc) is 2.45. The molecular weight excluding hydrogens is 353 g/mol. The fraction of sp³-hybridized carbons (Fsp3) is 0.722. The van der Waals surface area contributed by atoms with E-state index in [-0.39, 0.29) is 41.1 Å². The molecule has 2 aliphatic rings. The van der Waals surface area contributed by atoms with Crippen molar-refractivity contribution in [3.05, 3.63) is 23.9 Å². The standard InChI is InChI=1S/C18H25F3N2O.ClH/c1-16(2,3)14-13(10-17(14)7-5-8-22-11-17)24-15-12(18(19,20)21)6-4-9-23-15;/h4,6,9,13-14,22H,5,7-8,10-11H2,1-3H3;1H. The Labute approximate surface area is 153 Å². The number of nitrogens with zero attached hydrogens (tertiary/aromatic N) is 1. The SMILES string of the molecule is CC(C)(C)C1C(Oc2ncccc2C(F)(F)F)CC12CCCNC2.Cl. The Kier molecular flexibility index (Phi) is 5.65. The molecule has 0 aromatic carbocycles. The van der Waals surface area contributed by atoms with Gasteiger partial charge in [-0.05, 0) is 48.8 Å². The molecule has 2 heterocycles. The van der Waals surface area contributed by atoms with Gasteiger partial charge in [-0.15, -0.1) is 12.4 Å². The highest BCUT2D eigenvalue weighted by molar-refractivity contribution is 5.85. The molecule has 3 rings (SSSR count). The zero-order valence-corrected chi connectivity index (χ0v) is 15.6. The smallest absolute Gasteiger partial charge is 0.421 e. The molecule has 1 aromatic rings. The zero-order chi connectivity index (χ0) is 17.6. The van der Waals surface area contributed by atoms with Crippen molar-refractivity contribution in [1.82, 2.24) is 10.3 Å². The molecule has 1 aliphatic carbocycles. The minimum atomic E-state index is -4.45. The molecule has 3 nitrogen and oxygen atoms in total. The molecule has 1 saturated carbocycles. The number of piperidine rings is 1. The second-order valence-corrected chi connectivity index (χ2v) is 8.20. The second-order valence-electron chi connectivity index (χ2n) is 8.20. The Balaban J connectivity index is 0.00000225. The molecule has 0 amide bonds. The summed E-state index contributed by atoms with van der Waals surface area (Å²) in [5.41, 5.74) is -0.691. The molecule has 3 atom stereocenters. The Hall–Kier alpha value is -1.01. The Morgan fingerprint density at radius 2 is 2.00 bits per heavy atom. The van der Waals surface area contributed by atoms with Gasteiger partial charge in [0, 0.05) is 18.7 Å². The van der Waals surface area contributed by atoms with E-state index in [4.69, 9.17) is 4.74 Å². The van der Waals surface area contributed by atoms with Crippen LogP contribution in [0.15, 0.2) is 18.3 Å². The molecule has 25 heavy (non-hydrogen) atoms. The fourth-order valence-electron chi connectivity index (χ4n) is 4.74. The summed E-state index contributed by atoms with van der Waals surface area (Å²) in [4.78, 5) is 3.86. The summed E-state index contributed by atoms with van der Waals surface area (Å²) in [5, 5.41) is 3.45. The average molecular weight is 379 g/mol. The Bertz CT molecular complexity index is 595. The fourth-order valence-corrected chi connectivity index (χ4v) is 4.74. The van der Waals surface area contributed by atoms with E-state index >= 15 is 0 Å². The van der Waals surface area contributed by atoms with Crippen LogP contribution in [0.1, 0.15) is 45.6 Å². The molecule has 0 radical (unpaired) electrons. The summed E-state index contributed by atoms with van der Waals surface area (Å²) in [7, 11) is 0. The maximum atomic E-state index is 13.2. The van der Waals surface area contributed by atoms with Crippen LogP contribution in [-0.2, 0) is 6.18 Å². The van der Waals surface area contributed by atoms with E-state index in [0.717, 1.165) is 38.4 Å². The van der Waals surface area contributed by atoms with Gasteiger partial charge in [0.15, 0.2) is 0 Å². The van der Waals surface area contributed by atoms with Gasteiger partial charge in [-0.3, -0.25) is 0 Å². The van der Waals surface area contributed by atoms with Gasteiger partial charge in [-0.1, -0.05) is 20.8 Å². The van der Waals surface area contributed by atoms with Crippen LogP contribution in [-0.4, -0.2) is 24.2 Å². The second kappa shape index (κ2) is 6.95. The third-order valence-electron chi connectivity index (χ3n) is 5.42. The number of aromatic nitrogens is 1. The lowest BCUT2D eigenvalue weighted by molar-refractivity contribution is -0.161. The van der Waals surface area contributed by atoms with Crippen LogP contribution in [0.25, 0.3) is 0 Å². The highest BCUT2D eigenvalue weighted by Crippen LogP contribution is 2.59. The van der Waals surface area contributed by atoms with Crippen LogP contribution in [0.5, 0.6) is 5.88 Å². The quantitative estimate of drug-likeness (QED) is 0.809. The number of pyridine rings is 1. The van der Waals surface area contributed by atoms with Crippen LogP contribution >= 0.6 is 12.4 Å². The minimum Gasteiger partial charge on any atom is -0.474 e. The van der Waals surface area contributed by atoms with Crippen LogP contribution < -0.4 is 10.1 Å². The zero-order valence-electron chi connectivity index (χ0n) is 14.8. The summed E-state index contributed by atoms with van der Waals surface area (Å²) in [6, 6.07) is 2.33. The number of nitrogens with one attached hydrogen (secondary N) is 1. The molecule has 142 valence electrons. The first kappa shape index (κ1) is 20.3. The van der Waals surface area contributed by atoms with Crippen molar-refractivity contribution in [1.29, 1.82) is 0 Å². The molecule has 1 aromatic heterocycles. The van der Waals surface area contributed by atoms with Crippen molar-refractivity contribution in [3.8, 4) is 5.88 Å². The van der Waals surface area contributed by atoms with Gasteiger partial charge in [0.25, 0.3) is 0 Å². The maximum Gasteiger partial charge on any atom is 0.421 e. The van der Waals surface area contributed by atoms with Gasteiger partial charge < -0.3 is 10.1 Å². The van der Waals surface area contributed by atoms with E-state index in [0.29, 0.717) is 0 Å². The molecular formula is C18H26ClF3N2O. The largest absolute Gasteiger partial charge is 0.474 e. The number of ether oxygens (including phenoxy) is 1. The number of hydrogen-bond acceptors (Lipinski definition) is 3. The topological polar surface area (TPSA) is 34.1 Å². The molecule has 3 unspecified atom stereocenters. The minimum absolute atomic E-state index is 0. The molecule has 1 saturated heterocycles. The lowest BCUT2D eigenvalue weighted by atomic mass is 9.48. The lowest BCUT2D eigenvalue weighted by Crippen LogP contribution is -2.64. The van der Waals surface area contributed by atoms with Crippen molar-refractivity contribution in [2.24, 2.45) is 16.7 Å². The number of hydrogen-bond donors (Lipinski definition) is 1. The first-order valence-corrected chi connectivity index (χ1v) is 8.53. The lowest BCUT2D eigenvalue weighted by Gasteiger charge is -2.61. The molecule has 2 fully saturated rings. The number of rotatable bonds is 2. The van der Waals surface area contributed by atoms with E-state index in [9.17, 15) is 13.2 Å². The summed E-state index contributed by atoms with van der Waals surface area (Å²) in [5.74, 6) is -0.0799. The van der Waals surface area contributed by atoms with Gasteiger partial charge in [0.05, 0.1) is 0 Å². The van der Waals surface area contributed by atoms with E-state index in [1.165, 1.54) is 12.3 Å². The van der Waals surface area contributed by atoms with Gasteiger partial charge in [-0.2, -0.15) is 13.2 Å². The highest BCUT2D eigenvalue weighted by atomic mass is 35.5. The van der Waals surface area contributed by atoms with Crippen LogP contribution in [0, 0.1) is 16.7 Å². The van der Waals surface area contributed by atoms with E-state index < -0.39 is 11.7 Å².